The molecule has 0 bridgehead atoms. The largest absolute Gasteiger partial charge is 0.419 e. The van der Waals surface area contributed by atoms with Crippen molar-refractivity contribution in [3.63, 3.8) is 0 Å². The Balaban J connectivity index is 2.34. The summed E-state index contributed by atoms with van der Waals surface area (Å²) >= 11 is 3.58. The van der Waals surface area contributed by atoms with Crippen LogP contribution in [0.4, 0.5) is 17.6 Å². The third kappa shape index (κ3) is 3.87. The number of hydrogen-bond donors (Lipinski definition) is 1. The number of hydrogen-bond acceptors (Lipinski definition) is 3. The van der Waals surface area contributed by atoms with E-state index in [0.717, 1.165) is 23.6 Å². The van der Waals surface area contributed by atoms with Gasteiger partial charge in [0.1, 0.15) is 5.82 Å². The Morgan fingerprint density at radius 3 is 2.48 bits per heavy atom. The summed E-state index contributed by atoms with van der Waals surface area (Å²) in [5, 5.41) is 3.59. The van der Waals surface area contributed by atoms with Crippen LogP contribution in [-0.4, -0.2) is 29.1 Å². The van der Waals surface area contributed by atoms with Crippen molar-refractivity contribution in [2.75, 3.05) is 18.6 Å². The van der Waals surface area contributed by atoms with Crippen LogP contribution < -0.4 is 5.32 Å². The van der Waals surface area contributed by atoms with E-state index < -0.39 is 17.6 Å². The molecule has 1 aromatic rings. The maximum atomic E-state index is 13.4. The first-order valence-electron chi connectivity index (χ1n) is 6.61. The smallest absolute Gasteiger partial charge is 0.312 e. The van der Waals surface area contributed by atoms with Crippen LogP contribution >= 0.6 is 23.5 Å². The molecule has 1 N–H and O–H groups in total. The molecule has 2 rings (SSSR count). The van der Waals surface area contributed by atoms with Gasteiger partial charge in [-0.25, -0.2) is 4.39 Å². The topological polar surface area (TPSA) is 12.0 Å². The Hall–Kier alpha value is -0.400. The van der Waals surface area contributed by atoms with Crippen LogP contribution in [0.1, 0.15) is 24.1 Å². The van der Waals surface area contributed by atoms with Crippen molar-refractivity contribution in [2.45, 2.75) is 29.6 Å². The first-order valence-corrected chi connectivity index (χ1v) is 8.71. The molecule has 0 amide bonds. The van der Waals surface area contributed by atoms with Gasteiger partial charge in [0.15, 0.2) is 0 Å². The Morgan fingerprint density at radius 2 is 1.90 bits per heavy atom. The lowest BCUT2D eigenvalue weighted by atomic mass is 9.99. The lowest BCUT2D eigenvalue weighted by molar-refractivity contribution is -0.140. The van der Waals surface area contributed by atoms with Crippen molar-refractivity contribution in [3.8, 4) is 0 Å². The van der Waals surface area contributed by atoms with Crippen LogP contribution in [0, 0.1) is 5.82 Å². The fourth-order valence-corrected chi connectivity index (χ4v) is 5.48. The average Bonchev–Trinajstić information content (AvgIpc) is 2.42. The maximum absolute atomic E-state index is 13.4. The molecule has 0 aromatic heterocycles. The first-order chi connectivity index (χ1) is 9.84. The second kappa shape index (κ2) is 6.79. The van der Waals surface area contributed by atoms with E-state index in [0.29, 0.717) is 10.8 Å². The van der Waals surface area contributed by atoms with Crippen LogP contribution in [0.2, 0.25) is 0 Å². The fraction of sp³-hybridized carbons (Fsp3) is 0.571. The number of nitrogens with one attached hydrogen (secondary N) is 1. The van der Waals surface area contributed by atoms with Crippen molar-refractivity contribution in [1.82, 2.24) is 5.32 Å². The van der Waals surface area contributed by atoms with E-state index in [2.05, 4.69) is 12.2 Å². The van der Waals surface area contributed by atoms with Crippen molar-refractivity contribution in [3.05, 3.63) is 35.1 Å². The molecule has 0 spiro atoms. The van der Waals surface area contributed by atoms with Crippen LogP contribution in [0.3, 0.4) is 0 Å². The van der Waals surface area contributed by atoms with Crippen molar-refractivity contribution >= 4 is 23.5 Å². The van der Waals surface area contributed by atoms with Crippen molar-refractivity contribution in [1.29, 1.82) is 0 Å². The van der Waals surface area contributed by atoms with E-state index >= 15 is 0 Å². The summed E-state index contributed by atoms with van der Waals surface area (Å²) in [6.45, 7) is 2.08. The lowest BCUT2D eigenvalue weighted by Gasteiger charge is -2.34. The van der Waals surface area contributed by atoms with Gasteiger partial charge in [0.25, 0.3) is 0 Å². The molecule has 7 heteroatoms. The third-order valence-corrected chi connectivity index (χ3v) is 6.73. The van der Waals surface area contributed by atoms with Crippen LogP contribution in [0.25, 0.3) is 0 Å². The lowest BCUT2D eigenvalue weighted by Crippen LogP contribution is -2.36. The summed E-state index contributed by atoms with van der Waals surface area (Å²) in [6, 6.07) is 3.06. The summed E-state index contributed by atoms with van der Waals surface area (Å²) in [6.07, 6.45) is -4.67. The number of benzene rings is 1. The number of alkyl halides is 3. The zero-order chi connectivity index (χ0) is 15.6. The van der Waals surface area contributed by atoms with Gasteiger partial charge in [0, 0.05) is 28.0 Å². The minimum absolute atomic E-state index is 0.167. The molecule has 1 aromatic carbocycles. The molecule has 21 heavy (non-hydrogen) atoms. The highest BCUT2D eigenvalue weighted by molar-refractivity contribution is 8.07. The second-order valence-corrected chi connectivity index (χ2v) is 7.69. The Labute approximate surface area is 130 Å². The van der Waals surface area contributed by atoms with Gasteiger partial charge in [0.05, 0.1) is 5.56 Å². The summed E-state index contributed by atoms with van der Waals surface area (Å²) in [5.41, 5.74) is -0.709. The van der Waals surface area contributed by atoms with Gasteiger partial charge in [0.2, 0.25) is 0 Å². The van der Waals surface area contributed by atoms with Crippen LogP contribution in [0.15, 0.2) is 18.2 Å². The summed E-state index contributed by atoms with van der Waals surface area (Å²) in [7, 11) is 1.73. The number of rotatable bonds is 3. The molecule has 1 aliphatic heterocycles. The van der Waals surface area contributed by atoms with E-state index in [4.69, 9.17) is 0 Å². The van der Waals surface area contributed by atoms with E-state index in [9.17, 15) is 17.6 Å². The number of thioether (sulfide) groups is 2. The van der Waals surface area contributed by atoms with Gasteiger partial charge < -0.3 is 5.32 Å². The Bertz CT molecular complexity index is 492. The van der Waals surface area contributed by atoms with Gasteiger partial charge >= 0.3 is 6.18 Å². The van der Waals surface area contributed by atoms with E-state index in [1.807, 2.05) is 11.8 Å². The molecule has 1 fully saturated rings. The second-order valence-electron chi connectivity index (χ2n) is 4.91. The minimum atomic E-state index is -4.67. The minimum Gasteiger partial charge on any atom is -0.312 e. The highest BCUT2D eigenvalue weighted by Crippen LogP contribution is 2.40. The van der Waals surface area contributed by atoms with Gasteiger partial charge in [-0.05, 0) is 24.7 Å². The molecule has 1 saturated heterocycles. The Morgan fingerprint density at radius 1 is 1.24 bits per heavy atom. The Kier molecular flexibility index (Phi) is 5.48. The van der Waals surface area contributed by atoms with E-state index in [-0.39, 0.29) is 11.3 Å². The zero-order valence-electron chi connectivity index (χ0n) is 11.7. The highest BCUT2D eigenvalue weighted by Gasteiger charge is 2.36. The van der Waals surface area contributed by atoms with Crippen molar-refractivity contribution < 1.29 is 17.6 Å². The molecule has 1 aliphatic rings. The molecule has 1 heterocycles. The normalized spacial score (nSPS) is 24.9. The van der Waals surface area contributed by atoms with Gasteiger partial charge in [-0.2, -0.15) is 36.7 Å². The molecule has 118 valence electrons. The molecule has 3 atom stereocenters. The van der Waals surface area contributed by atoms with Gasteiger partial charge in [-0.1, -0.05) is 13.0 Å². The maximum Gasteiger partial charge on any atom is 0.419 e. The standard InChI is InChI=1S/C14H17F4NS2/c1-8-13(21-6-5-20-8)12(19-2)9-3-4-11(15)10(7-9)14(16,17)18/h3-4,7-8,12-13,19H,5-6H2,1-2H3. The predicted molar refractivity (Wildman–Crippen MR) is 81.4 cm³/mol. The molecular weight excluding hydrogens is 322 g/mol. The van der Waals surface area contributed by atoms with Gasteiger partial charge in [-0.15, -0.1) is 0 Å². The van der Waals surface area contributed by atoms with Crippen LogP contribution in [0.5, 0.6) is 0 Å². The van der Waals surface area contributed by atoms with Crippen LogP contribution in [-0.2, 0) is 6.18 Å². The molecule has 3 unspecified atom stereocenters. The molecule has 0 aliphatic carbocycles. The quantitative estimate of drug-likeness (QED) is 0.823. The molecule has 0 radical (unpaired) electrons. The SMILES string of the molecule is CNC(c1ccc(F)c(C(F)(F)F)c1)C1SCCSC1C. The average molecular weight is 339 g/mol. The third-order valence-electron chi connectivity index (χ3n) is 3.53. The zero-order valence-corrected chi connectivity index (χ0v) is 13.3. The summed E-state index contributed by atoms with van der Waals surface area (Å²) < 4.78 is 51.9. The van der Waals surface area contributed by atoms with Gasteiger partial charge in [-0.3, -0.25) is 0 Å². The summed E-state index contributed by atoms with van der Waals surface area (Å²) in [5.74, 6) is 0.807. The predicted octanol–water partition coefficient (Wildman–Crippen LogP) is 4.34. The van der Waals surface area contributed by atoms with E-state index in [1.54, 1.807) is 18.8 Å². The monoisotopic (exact) mass is 339 g/mol. The molecule has 0 saturated carbocycles. The molecular formula is C14H17F4NS2. The first kappa shape index (κ1) is 17.0. The highest BCUT2D eigenvalue weighted by atomic mass is 32.2. The van der Waals surface area contributed by atoms with E-state index in [1.165, 1.54) is 6.07 Å². The fourth-order valence-electron chi connectivity index (χ4n) is 2.49. The van der Waals surface area contributed by atoms with Crippen molar-refractivity contribution in [2.24, 2.45) is 0 Å². The molecule has 1 nitrogen and oxygen atoms in total. The number of halogens is 4. The summed E-state index contributed by atoms with van der Waals surface area (Å²) in [4.78, 5) is 0.